The van der Waals surface area contributed by atoms with Crippen LogP contribution in [0.4, 0.5) is 16.4 Å². The SMILES string of the molecule is CN(C)C(=O)CCn1cnc2ccc(-c3cc(C4CC4)cc(N(C(=O)OC(C)(C)C)c4cc(C#N)ccn4)n3)cc21. The molecule has 0 unspecified atom stereocenters. The predicted octanol–water partition coefficient (Wildman–Crippen LogP) is 5.79. The zero-order valence-electron chi connectivity index (χ0n) is 24.0. The van der Waals surface area contributed by atoms with Crippen LogP contribution in [0.1, 0.15) is 57.1 Å². The Morgan fingerprint density at radius 2 is 1.85 bits per heavy atom. The molecule has 4 aromatic rings. The summed E-state index contributed by atoms with van der Waals surface area (Å²) >= 11 is 0. The number of benzene rings is 1. The second kappa shape index (κ2) is 11.0. The van der Waals surface area contributed by atoms with Crippen LogP contribution in [0.3, 0.4) is 0 Å². The number of nitrogens with zero attached hydrogens (tertiary/aromatic N) is 7. The van der Waals surface area contributed by atoms with Crippen LogP contribution in [0, 0.1) is 11.3 Å². The van der Waals surface area contributed by atoms with Crippen molar-refractivity contribution >= 4 is 34.7 Å². The molecule has 41 heavy (non-hydrogen) atoms. The van der Waals surface area contributed by atoms with Crippen LogP contribution in [0.25, 0.3) is 22.3 Å². The average molecular weight is 552 g/mol. The Bertz CT molecular complexity index is 1660. The van der Waals surface area contributed by atoms with Crippen molar-refractivity contribution in [2.75, 3.05) is 19.0 Å². The maximum atomic E-state index is 13.6. The third-order valence-electron chi connectivity index (χ3n) is 6.77. The Labute approximate surface area is 239 Å². The second-order valence-electron chi connectivity index (χ2n) is 11.4. The van der Waals surface area contributed by atoms with E-state index in [1.807, 2.05) is 28.8 Å². The van der Waals surface area contributed by atoms with E-state index >= 15 is 0 Å². The number of amides is 2. The minimum atomic E-state index is -0.753. The van der Waals surface area contributed by atoms with Crippen LogP contribution in [-0.4, -0.2) is 56.1 Å². The summed E-state index contributed by atoms with van der Waals surface area (Å²) in [6.45, 7) is 5.90. The number of hydrogen-bond acceptors (Lipinski definition) is 7. The molecule has 0 bridgehead atoms. The number of carbonyl (C=O) groups excluding carboxylic acids is 2. The fraction of sp³-hybridized carbons (Fsp3) is 0.355. The molecule has 0 N–H and O–H groups in total. The summed E-state index contributed by atoms with van der Waals surface area (Å²) in [5, 5.41) is 9.49. The lowest BCUT2D eigenvalue weighted by Gasteiger charge is -2.27. The highest BCUT2D eigenvalue weighted by molar-refractivity contribution is 5.95. The number of carbonyl (C=O) groups is 2. The monoisotopic (exact) mass is 551 g/mol. The maximum absolute atomic E-state index is 13.6. The fourth-order valence-corrected chi connectivity index (χ4v) is 4.51. The van der Waals surface area contributed by atoms with E-state index in [1.54, 1.807) is 58.2 Å². The maximum Gasteiger partial charge on any atom is 0.421 e. The van der Waals surface area contributed by atoms with Crippen LogP contribution in [0.15, 0.2) is 55.0 Å². The number of pyridine rings is 2. The molecule has 0 atom stereocenters. The minimum absolute atomic E-state index is 0.0442. The van der Waals surface area contributed by atoms with Crippen molar-refractivity contribution in [1.82, 2.24) is 24.4 Å². The zero-order valence-corrected chi connectivity index (χ0v) is 24.0. The van der Waals surface area contributed by atoms with Crippen LogP contribution < -0.4 is 4.90 Å². The number of aryl methyl sites for hydroxylation is 1. The third kappa shape index (κ3) is 6.35. The third-order valence-corrected chi connectivity index (χ3v) is 6.77. The summed E-state index contributed by atoms with van der Waals surface area (Å²) in [6.07, 6.45) is 5.08. The van der Waals surface area contributed by atoms with Crippen molar-refractivity contribution < 1.29 is 14.3 Å². The first kappa shape index (κ1) is 27.8. The fourth-order valence-electron chi connectivity index (χ4n) is 4.51. The lowest BCUT2D eigenvalue weighted by molar-refractivity contribution is -0.128. The first-order chi connectivity index (χ1) is 19.5. The summed E-state index contributed by atoms with van der Waals surface area (Å²) in [5.41, 5.74) is 3.93. The molecule has 0 aliphatic heterocycles. The molecule has 1 fully saturated rings. The molecule has 210 valence electrons. The largest absolute Gasteiger partial charge is 0.443 e. The van der Waals surface area contributed by atoms with Gasteiger partial charge in [0.1, 0.15) is 17.2 Å². The van der Waals surface area contributed by atoms with Crippen molar-refractivity contribution in [1.29, 1.82) is 5.26 Å². The Balaban J connectivity index is 1.60. The van der Waals surface area contributed by atoms with Crippen LogP contribution >= 0.6 is 0 Å². The molecule has 10 heteroatoms. The van der Waals surface area contributed by atoms with Gasteiger partial charge in [0.05, 0.1) is 34.7 Å². The van der Waals surface area contributed by atoms with Crippen molar-refractivity contribution in [2.45, 2.75) is 58.1 Å². The Hall–Kier alpha value is -4.78. The van der Waals surface area contributed by atoms with Crippen molar-refractivity contribution in [2.24, 2.45) is 0 Å². The van der Waals surface area contributed by atoms with E-state index in [2.05, 4.69) is 22.1 Å². The van der Waals surface area contributed by atoms with Gasteiger partial charge in [-0.2, -0.15) is 5.26 Å². The number of aromatic nitrogens is 4. The highest BCUT2D eigenvalue weighted by Crippen LogP contribution is 2.43. The Morgan fingerprint density at radius 3 is 2.54 bits per heavy atom. The summed E-state index contributed by atoms with van der Waals surface area (Å²) in [5.74, 6) is 1.04. The van der Waals surface area contributed by atoms with Gasteiger partial charge in [0.15, 0.2) is 0 Å². The Kier molecular flexibility index (Phi) is 7.45. The standard InChI is InChI=1S/C31H33N7O3/c1-31(2,3)41-30(40)38(27-14-20(18-32)10-12-33-27)28-17-23(21-6-7-21)15-25(35-28)22-8-9-24-26(16-22)37(19-34-24)13-11-29(39)36(4)5/h8-10,12,14-17,19,21H,6-7,11,13H2,1-5H3. The van der Waals surface area contributed by atoms with Gasteiger partial charge < -0.3 is 14.2 Å². The molecule has 3 aromatic heterocycles. The minimum Gasteiger partial charge on any atom is -0.443 e. The number of imidazole rings is 1. The second-order valence-corrected chi connectivity index (χ2v) is 11.4. The van der Waals surface area contributed by atoms with Crippen LogP contribution in [0.5, 0.6) is 0 Å². The van der Waals surface area contributed by atoms with Gasteiger partial charge in [0.2, 0.25) is 5.91 Å². The number of fused-ring (bicyclic) bond motifs is 1. The molecular formula is C31H33N7O3. The van der Waals surface area contributed by atoms with Crippen molar-refractivity contribution in [3.8, 4) is 17.3 Å². The number of nitriles is 1. The molecular weight excluding hydrogens is 518 g/mol. The topological polar surface area (TPSA) is 117 Å². The van der Waals surface area contributed by atoms with Crippen LogP contribution in [0.2, 0.25) is 0 Å². The highest BCUT2D eigenvalue weighted by atomic mass is 16.6. The summed E-state index contributed by atoms with van der Waals surface area (Å²) < 4.78 is 7.72. The molecule has 1 aromatic carbocycles. The zero-order chi connectivity index (χ0) is 29.3. The van der Waals surface area contributed by atoms with Gasteiger partial charge in [0.25, 0.3) is 0 Å². The molecule has 0 radical (unpaired) electrons. The van der Waals surface area contributed by atoms with E-state index in [-0.39, 0.29) is 11.7 Å². The number of rotatable bonds is 7. The Morgan fingerprint density at radius 1 is 1.07 bits per heavy atom. The summed E-state index contributed by atoms with van der Waals surface area (Å²) in [6, 6.07) is 15.1. The van der Waals surface area contributed by atoms with E-state index in [0.717, 1.165) is 35.0 Å². The number of anilines is 2. The lowest BCUT2D eigenvalue weighted by atomic mass is 10.1. The lowest BCUT2D eigenvalue weighted by Crippen LogP contribution is -2.35. The van der Waals surface area contributed by atoms with Gasteiger partial charge >= 0.3 is 6.09 Å². The van der Waals surface area contributed by atoms with Gasteiger partial charge in [-0.1, -0.05) is 6.07 Å². The van der Waals surface area contributed by atoms with E-state index in [1.165, 1.54) is 11.1 Å². The molecule has 1 saturated carbocycles. The predicted molar refractivity (Wildman–Crippen MR) is 156 cm³/mol. The molecule has 10 nitrogen and oxygen atoms in total. The quantitative estimate of drug-likeness (QED) is 0.285. The van der Waals surface area contributed by atoms with Gasteiger partial charge in [-0.05, 0) is 81.5 Å². The van der Waals surface area contributed by atoms with Crippen LogP contribution in [-0.2, 0) is 16.1 Å². The summed E-state index contributed by atoms with van der Waals surface area (Å²) in [7, 11) is 3.49. The van der Waals surface area contributed by atoms with E-state index < -0.39 is 11.7 Å². The smallest absolute Gasteiger partial charge is 0.421 e. The van der Waals surface area contributed by atoms with Gasteiger partial charge in [-0.15, -0.1) is 0 Å². The van der Waals surface area contributed by atoms with E-state index in [9.17, 15) is 14.9 Å². The van der Waals surface area contributed by atoms with Crippen molar-refractivity contribution in [3.63, 3.8) is 0 Å². The molecule has 2 amide bonds. The van der Waals surface area contributed by atoms with Gasteiger partial charge in [-0.3, -0.25) is 4.79 Å². The first-order valence-electron chi connectivity index (χ1n) is 13.6. The van der Waals surface area contributed by atoms with E-state index in [4.69, 9.17) is 9.72 Å². The summed E-state index contributed by atoms with van der Waals surface area (Å²) in [4.78, 5) is 42.5. The molecule has 0 saturated heterocycles. The average Bonchev–Trinajstić information content (AvgIpc) is 3.71. The normalized spacial score (nSPS) is 13.1. The van der Waals surface area contributed by atoms with Crippen molar-refractivity contribution in [3.05, 3.63) is 66.1 Å². The highest BCUT2D eigenvalue weighted by Gasteiger charge is 2.30. The number of ether oxygens (including phenoxy) is 1. The molecule has 0 spiro atoms. The number of hydrogen-bond donors (Lipinski definition) is 0. The molecule has 1 aliphatic rings. The van der Waals surface area contributed by atoms with Gasteiger partial charge in [0, 0.05) is 38.8 Å². The molecule has 5 rings (SSSR count). The molecule has 3 heterocycles. The first-order valence-corrected chi connectivity index (χ1v) is 13.6. The van der Waals surface area contributed by atoms with E-state index in [0.29, 0.717) is 36.0 Å². The molecule has 1 aliphatic carbocycles. The van der Waals surface area contributed by atoms with Gasteiger partial charge in [-0.25, -0.2) is 24.6 Å².